The summed E-state index contributed by atoms with van der Waals surface area (Å²) in [6.45, 7) is 5.65. The average molecular weight is 394 g/mol. The van der Waals surface area contributed by atoms with Gasteiger partial charge in [-0.2, -0.15) is 4.31 Å². The third kappa shape index (κ3) is 4.04. The molecule has 0 aliphatic heterocycles. The molecule has 0 amide bonds. The molecule has 4 nitrogen and oxygen atoms in total. The maximum absolute atomic E-state index is 13.5. The van der Waals surface area contributed by atoms with Crippen molar-refractivity contribution in [2.45, 2.75) is 31.7 Å². The normalized spacial score (nSPS) is 12.7. The van der Waals surface area contributed by atoms with Crippen LogP contribution in [0.25, 0.3) is 0 Å². The molecule has 0 spiro atoms. The number of aryl methyl sites for hydroxylation is 3. The number of terminal acetylenes is 1. The van der Waals surface area contributed by atoms with Crippen molar-refractivity contribution in [2.24, 2.45) is 0 Å². The molecule has 2 aromatic carbocycles. The quantitative estimate of drug-likeness (QED) is 0.574. The monoisotopic (exact) mass is 393 g/mol. The first-order valence-electron chi connectivity index (χ1n) is 8.98. The van der Waals surface area contributed by atoms with Gasteiger partial charge in [0.25, 0.3) is 0 Å². The molecule has 0 saturated carbocycles. The van der Waals surface area contributed by atoms with Gasteiger partial charge in [-0.3, -0.25) is 0 Å². The molecule has 28 heavy (non-hydrogen) atoms. The summed E-state index contributed by atoms with van der Waals surface area (Å²) in [6, 6.07) is 17.4. The second-order valence-corrected chi connectivity index (χ2v) is 8.72. The van der Waals surface area contributed by atoms with Gasteiger partial charge < -0.3 is 4.42 Å². The lowest BCUT2D eigenvalue weighted by Crippen LogP contribution is -2.36. The lowest BCUT2D eigenvalue weighted by atomic mass is 10.0. The van der Waals surface area contributed by atoms with E-state index in [-0.39, 0.29) is 11.4 Å². The van der Waals surface area contributed by atoms with Gasteiger partial charge in [0.2, 0.25) is 10.0 Å². The van der Waals surface area contributed by atoms with Crippen molar-refractivity contribution < 1.29 is 12.8 Å². The largest absolute Gasteiger partial charge is 0.464 e. The standard InChI is InChI=1S/C23H23NO3S/c1-5-16-24(28(25,26)21-13-8-18(3)9-14-21)23(22-15-10-19(4)27-22)20-11-6-17(2)7-12-20/h1,6-15,23H,16H2,2-4H3. The summed E-state index contributed by atoms with van der Waals surface area (Å²) in [5.41, 5.74) is 2.87. The molecule has 144 valence electrons. The highest BCUT2D eigenvalue weighted by molar-refractivity contribution is 7.89. The average Bonchev–Trinajstić information content (AvgIpc) is 3.09. The van der Waals surface area contributed by atoms with Crippen LogP contribution in [0.3, 0.4) is 0 Å². The van der Waals surface area contributed by atoms with Gasteiger partial charge in [-0.15, -0.1) is 6.42 Å². The first kappa shape index (κ1) is 19.9. The minimum atomic E-state index is -3.85. The Bertz CT molecular complexity index is 1090. The molecule has 0 aliphatic carbocycles. The summed E-state index contributed by atoms with van der Waals surface area (Å²) < 4.78 is 34.1. The SMILES string of the molecule is C#CCN(C(c1ccc(C)cc1)c1ccc(C)o1)S(=O)(=O)c1ccc(C)cc1. The van der Waals surface area contributed by atoms with Crippen LogP contribution in [0.4, 0.5) is 0 Å². The molecule has 0 saturated heterocycles. The van der Waals surface area contributed by atoms with E-state index in [0.29, 0.717) is 11.5 Å². The van der Waals surface area contributed by atoms with Gasteiger partial charge in [-0.05, 0) is 50.6 Å². The maximum Gasteiger partial charge on any atom is 0.244 e. The molecule has 0 radical (unpaired) electrons. The van der Waals surface area contributed by atoms with Gasteiger partial charge in [0.1, 0.15) is 17.6 Å². The Morgan fingerprint density at radius 3 is 2.00 bits per heavy atom. The molecule has 5 heteroatoms. The number of benzene rings is 2. The summed E-state index contributed by atoms with van der Waals surface area (Å²) in [7, 11) is -3.85. The Labute approximate surface area is 166 Å². The van der Waals surface area contributed by atoms with E-state index in [0.717, 1.165) is 16.7 Å². The molecule has 0 bridgehead atoms. The zero-order chi connectivity index (χ0) is 20.3. The first-order chi connectivity index (χ1) is 13.3. The Balaban J connectivity index is 2.17. The van der Waals surface area contributed by atoms with Gasteiger partial charge in [0.15, 0.2) is 0 Å². The first-order valence-corrected chi connectivity index (χ1v) is 10.4. The zero-order valence-corrected chi connectivity index (χ0v) is 17.0. The minimum Gasteiger partial charge on any atom is -0.464 e. The predicted molar refractivity (Wildman–Crippen MR) is 110 cm³/mol. The highest BCUT2D eigenvalue weighted by Crippen LogP contribution is 2.34. The second kappa shape index (κ2) is 8.05. The fourth-order valence-corrected chi connectivity index (χ4v) is 4.57. The zero-order valence-electron chi connectivity index (χ0n) is 16.2. The van der Waals surface area contributed by atoms with Crippen molar-refractivity contribution in [3.8, 4) is 12.3 Å². The van der Waals surface area contributed by atoms with Crippen LogP contribution < -0.4 is 0 Å². The number of hydrogen-bond acceptors (Lipinski definition) is 3. The third-order valence-electron chi connectivity index (χ3n) is 4.59. The molecule has 0 N–H and O–H groups in total. The third-order valence-corrected chi connectivity index (χ3v) is 6.41. The molecule has 1 atom stereocenters. The topological polar surface area (TPSA) is 50.5 Å². The van der Waals surface area contributed by atoms with Crippen LogP contribution in [-0.2, 0) is 10.0 Å². The molecule has 3 aromatic rings. The second-order valence-electron chi connectivity index (χ2n) is 6.83. The fraction of sp³-hybridized carbons (Fsp3) is 0.217. The van der Waals surface area contributed by atoms with Crippen LogP contribution in [0.1, 0.15) is 34.3 Å². The van der Waals surface area contributed by atoms with Crippen molar-refractivity contribution in [1.29, 1.82) is 0 Å². The Morgan fingerprint density at radius 2 is 1.50 bits per heavy atom. The van der Waals surface area contributed by atoms with Crippen LogP contribution in [0.15, 0.2) is 70.0 Å². The number of sulfonamides is 1. The molecular formula is C23H23NO3S. The number of rotatable bonds is 6. The Hall–Kier alpha value is -2.81. The summed E-state index contributed by atoms with van der Waals surface area (Å²) in [4.78, 5) is 0.203. The summed E-state index contributed by atoms with van der Waals surface area (Å²) in [5, 5.41) is 0. The van der Waals surface area contributed by atoms with Crippen LogP contribution in [-0.4, -0.2) is 19.3 Å². The molecular weight excluding hydrogens is 370 g/mol. The van der Waals surface area contributed by atoms with E-state index in [4.69, 9.17) is 10.8 Å². The van der Waals surface area contributed by atoms with Crippen LogP contribution in [0.2, 0.25) is 0 Å². The van der Waals surface area contributed by atoms with E-state index in [1.807, 2.05) is 51.1 Å². The van der Waals surface area contributed by atoms with Gasteiger partial charge in [0.05, 0.1) is 11.4 Å². The van der Waals surface area contributed by atoms with Crippen molar-refractivity contribution in [3.63, 3.8) is 0 Å². The molecule has 1 aromatic heterocycles. The fourth-order valence-electron chi connectivity index (χ4n) is 3.07. The van der Waals surface area contributed by atoms with Gasteiger partial charge >= 0.3 is 0 Å². The van der Waals surface area contributed by atoms with Crippen LogP contribution in [0.5, 0.6) is 0 Å². The molecule has 3 rings (SSSR count). The van der Waals surface area contributed by atoms with Gasteiger partial charge in [-0.1, -0.05) is 53.4 Å². The molecule has 0 fully saturated rings. The van der Waals surface area contributed by atoms with E-state index in [9.17, 15) is 8.42 Å². The lowest BCUT2D eigenvalue weighted by molar-refractivity contribution is 0.335. The van der Waals surface area contributed by atoms with Crippen molar-refractivity contribution in [1.82, 2.24) is 4.31 Å². The van der Waals surface area contributed by atoms with Crippen LogP contribution in [0, 0.1) is 33.1 Å². The number of nitrogens with zero attached hydrogens (tertiary/aromatic N) is 1. The van der Waals surface area contributed by atoms with Gasteiger partial charge in [-0.25, -0.2) is 8.42 Å². The number of furan rings is 1. The van der Waals surface area contributed by atoms with E-state index < -0.39 is 16.1 Å². The highest BCUT2D eigenvalue weighted by atomic mass is 32.2. The predicted octanol–water partition coefficient (Wildman–Crippen LogP) is 4.62. The smallest absolute Gasteiger partial charge is 0.244 e. The summed E-state index contributed by atoms with van der Waals surface area (Å²) >= 11 is 0. The molecule has 1 heterocycles. The van der Waals surface area contributed by atoms with Crippen molar-refractivity contribution >= 4 is 10.0 Å². The van der Waals surface area contributed by atoms with E-state index in [1.165, 1.54) is 4.31 Å². The van der Waals surface area contributed by atoms with Crippen molar-refractivity contribution in [2.75, 3.05) is 6.54 Å². The van der Waals surface area contributed by atoms with Crippen molar-refractivity contribution in [3.05, 3.63) is 88.9 Å². The Kier molecular flexibility index (Phi) is 5.73. The minimum absolute atomic E-state index is 0.0749. The van der Waals surface area contributed by atoms with Gasteiger partial charge in [0, 0.05) is 0 Å². The molecule has 0 aliphatic rings. The lowest BCUT2D eigenvalue weighted by Gasteiger charge is -2.28. The van der Waals surface area contributed by atoms with E-state index in [2.05, 4.69) is 5.92 Å². The van der Waals surface area contributed by atoms with E-state index >= 15 is 0 Å². The maximum atomic E-state index is 13.5. The number of hydrogen-bond donors (Lipinski definition) is 0. The summed E-state index contributed by atoms with van der Waals surface area (Å²) in [6.07, 6.45) is 5.56. The Morgan fingerprint density at radius 1 is 0.929 bits per heavy atom. The van der Waals surface area contributed by atoms with Crippen LogP contribution >= 0.6 is 0 Å². The highest BCUT2D eigenvalue weighted by Gasteiger charge is 2.35. The summed E-state index contributed by atoms with van der Waals surface area (Å²) in [5.74, 6) is 3.74. The van der Waals surface area contributed by atoms with E-state index in [1.54, 1.807) is 30.3 Å². The molecule has 1 unspecified atom stereocenters.